The van der Waals surface area contributed by atoms with Crippen LogP contribution in [-0.2, 0) is 0 Å². The minimum Gasteiger partial charge on any atom is -0.314 e. The molecule has 4 atom stereocenters. The van der Waals surface area contributed by atoms with Crippen LogP contribution >= 0.6 is 0 Å². The summed E-state index contributed by atoms with van der Waals surface area (Å²) in [5.41, 5.74) is 0. The van der Waals surface area contributed by atoms with E-state index in [1.807, 2.05) is 0 Å². The molecule has 100 valence electrons. The number of hydrogen-bond donors (Lipinski definition) is 1. The first-order valence-electron chi connectivity index (χ1n) is 7.58. The third-order valence-electron chi connectivity index (χ3n) is 5.07. The van der Waals surface area contributed by atoms with Gasteiger partial charge in [0.2, 0.25) is 0 Å². The molecular weight excluding hydrogens is 208 g/mol. The van der Waals surface area contributed by atoms with E-state index in [1.54, 1.807) is 0 Å². The summed E-state index contributed by atoms with van der Waals surface area (Å²) in [6, 6.07) is 2.34. The van der Waals surface area contributed by atoms with Gasteiger partial charge in [0.15, 0.2) is 0 Å². The number of nitrogens with one attached hydrogen (secondary N) is 1. The van der Waals surface area contributed by atoms with E-state index in [4.69, 9.17) is 0 Å². The van der Waals surface area contributed by atoms with Gasteiger partial charge in [0.05, 0.1) is 0 Å². The normalized spacial score (nSPS) is 34.6. The van der Waals surface area contributed by atoms with Crippen molar-refractivity contribution in [2.45, 2.75) is 71.5 Å². The molecule has 2 nitrogen and oxygen atoms in total. The van der Waals surface area contributed by atoms with Gasteiger partial charge in [0.1, 0.15) is 0 Å². The first-order chi connectivity index (χ1) is 8.09. The van der Waals surface area contributed by atoms with Crippen molar-refractivity contribution >= 4 is 0 Å². The number of likely N-dealkylation sites (tertiary alicyclic amines) is 1. The van der Waals surface area contributed by atoms with E-state index in [-0.39, 0.29) is 0 Å². The Bertz CT molecular complexity index is 237. The zero-order valence-electron chi connectivity index (χ0n) is 12.1. The van der Waals surface area contributed by atoms with Crippen LogP contribution in [0.4, 0.5) is 0 Å². The van der Waals surface area contributed by atoms with E-state index in [2.05, 4.69) is 37.9 Å². The van der Waals surface area contributed by atoms with Crippen molar-refractivity contribution in [2.75, 3.05) is 13.1 Å². The maximum atomic E-state index is 3.68. The minimum atomic E-state index is 0.721. The van der Waals surface area contributed by atoms with Crippen LogP contribution in [0.25, 0.3) is 0 Å². The summed E-state index contributed by atoms with van der Waals surface area (Å²) in [4.78, 5) is 2.74. The molecule has 0 aromatic rings. The highest BCUT2D eigenvalue weighted by atomic mass is 15.2. The van der Waals surface area contributed by atoms with Crippen molar-refractivity contribution in [3.05, 3.63) is 0 Å². The van der Waals surface area contributed by atoms with E-state index in [9.17, 15) is 0 Å². The second-order valence-corrected chi connectivity index (χ2v) is 6.50. The molecule has 2 heteroatoms. The topological polar surface area (TPSA) is 15.3 Å². The summed E-state index contributed by atoms with van der Waals surface area (Å²) >= 11 is 0. The molecule has 0 aromatic heterocycles. The highest BCUT2D eigenvalue weighted by Gasteiger charge is 2.31. The Morgan fingerprint density at radius 1 is 1.18 bits per heavy atom. The van der Waals surface area contributed by atoms with Crippen molar-refractivity contribution in [3.63, 3.8) is 0 Å². The maximum absolute atomic E-state index is 3.68. The van der Waals surface area contributed by atoms with Crippen LogP contribution in [-0.4, -0.2) is 36.1 Å². The average molecular weight is 238 g/mol. The fraction of sp³-hybridized carbons (Fsp3) is 1.00. The zero-order valence-corrected chi connectivity index (χ0v) is 12.1. The SMILES string of the molecule is CC1CCCN(C(C)C(C)CNC2CC2)C1C. The number of hydrogen-bond acceptors (Lipinski definition) is 2. The lowest BCUT2D eigenvalue weighted by Crippen LogP contribution is -2.50. The average Bonchev–Trinajstić information content (AvgIpc) is 3.12. The van der Waals surface area contributed by atoms with E-state index in [0.29, 0.717) is 0 Å². The quantitative estimate of drug-likeness (QED) is 0.792. The Balaban J connectivity index is 1.81. The highest BCUT2D eigenvalue weighted by Crippen LogP contribution is 2.27. The molecule has 0 amide bonds. The summed E-state index contributed by atoms with van der Waals surface area (Å²) in [6.07, 6.45) is 5.61. The van der Waals surface area contributed by atoms with Gasteiger partial charge >= 0.3 is 0 Å². The van der Waals surface area contributed by atoms with E-state index >= 15 is 0 Å². The molecule has 17 heavy (non-hydrogen) atoms. The molecule has 2 rings (SSSR count). The molecule has 0 radical (unpaired) electrons. The van der Waals surface area contributed by atoms with E-state index in [1.165, 1.54) is 38.8 Å². The van der Waals surface area contributed by atoms with Gasteiger partial charge in [-0.25, -0.2) is 0 Å². The Hall–Kier alpha value is -0.0800. The minimum absolute atomic E-state index is 0.721. The van der Waals surface area contributed by atoms with Crippen LogP contribution in [0.15, 0.2) is 0 Å². The van der Waals surface area contributed by atoms with Gasteiger partial charge in [-0.3, -0.25) is 4.90 Å². The molecule has 1 saturated carbocycles. The molecular formula is C15H30N2. The van der Waals surface area contributed by atoms with E-state index in [0.717, 1.165) is 30.0 Å². The van der Waals surface area contributed by atoms with Crippen molar-refractivity contribution in [1.29, 1.82) is 0 Å². The van der Waals surface area contributed by atoms with Gasteiger partial charge in [-0.05, 0) is 64.5 Å². The summed E-state index contributed by atoms with van der Waals surface area (Å²) in [6.45, 7) is 12.2. The van der Waals surface area contributed by atoms with Gasteiger partial charge in [-0.1, -0.05) is 13.8 Å². The Kier molecular flexibility index (Phi) is 4.48. The molecule has 1 saturated heterocycles. The van der Waals surface area contributed by atoms with Gasteiger partial charge in [0, 0.05) is 18.1 Å². The fourth-order valence-electron chi connectivity index (χ4n) is 3.08. The van der Waals surface area contributed by atoms with Crippen LogP contribution in [0.5, 0.6) is 0 Å². The molecule has 0 aromatic carbocycles. The van der Waals surface area contributed by atoms with Crippen LogP contribution in [0.1, 0.15) is 53.4 Å². The molecule has 2 aliphatic rings. The largest absolute Gasteiger partial charge is 0.314 e. The monoisotopic (exact) mass is 238 g/mol. The summed E-state index contributed by atoms with van der Waals surface area (Å²) < 4.78 is 0. The Morgan fingerprint density at radius 3 is 2.53 bits per heavy atom. The molecule has 1 heterocycles. The van der Waals surface area contributed by atoms with Crippen molar-refractivity contribution in [2.24, 2.45) is 11.8 Å². The number of piperidine rings is 1. The standard InChI is InChI=1S/C15H30N2/c1-11-6-5-9-17(13(11)3)14(4)12(2)10-16-15-7-8-15/h11-16H,5-10H2,1-4H3. The lowest BCUT2D eigenvalue weighted by atomic mass is 9.88. The molecule has 4 unspecified atom stereocenters. The molecule has 0 spiro atoms. The predicted molar refractivity (Wildman–Crippen MR) is 74.2 cm³/mol. The molecule has 0 bridgehead atoms. The molecule has 2 fully saturated rings. The van der Waals surface area contributed by atoms with Crippen molar-refractivity contribution in [1.82, 2.24) is 10.2 Å². The van der Waals surface area contributed by atoms with Gasteiger partial charge in [-0.2, -0.15) is 0 Å². The number of nitrogens with zero attached hydrogens (tertiary/aromatic N) is 1. The third-order valence-corrected chi connectivity index (χ3v) is 5.07. The zero-order chi connectivity index (χ0) is 12.4. The van der Waals surface area contributed by atoms with Crippen molar-refractivity contribution in [3.8, 4) is 0 Å². The maximum Gasteiger partial charge on any atom is 0.0108 e. The molecule has 1 aliphatic carbocycles. The van der Waals surface area contributed by atoms with Crippen LogP contribution < -0.4 is 5.32 Å². The van der Waals surface area contributed by atoms with Crippen LogP contribution in [0.2, 0.25) is 0 Å². The van der Waals surface area contributed by atoms with Crippen LogP contribution in [0, 0.1) is 11.8 Å². The fourth-order valence-corrected chi connectivity index (χ4v) is 3.08. The lowest BCUT2D eigenvalue weighted by Gasteiger charge is -2.43. The van der Waals surface area contributed by atoms with Gasteiger partial charge in [0.25, 0.3) is 0 Å². The van der Waals surface area contributed by atoms with E-state index < -0.39 is 0 Å². The first kappa shape index (κ1) is 13.4. The predicted octanol–water partition coefficient (Wildman–Crippen LogP) is 2.88. The molecule has 1 N–H and O–H groups in total. The Morgan fingerprint density at radius 2 is 1.88 bits per heavy atom. The molecule has 1 aliphatic heterocycles. The summed E-state index contributed by atoms with van der Waals surface area (Å²) in [5.74, 6) is 1.64. The second-order valence-electron chi connectivity index (χ2n) is 6.50. The number of rotatable bonds is 5. The van der Waals surface area contributed by atoms with Gasteiger partial charge < -0.3 is 5.32 Å². The Labute approximate surface area is 107 Å². The van der Waals surface area contributed by atoms with Gasteiger partial charge in [-0.15, -0.1) is 0 Å². The second kappa shape index (κ2) is 5.71. The lowest BCUT2D eigenvalue weighted by molar-refractivity contribution is 0.0519. The smallest absolute Gasteiger partial charge is 0.0108 e. The summed E-state index contributed by atoms with van der Waals surface area (Å²) in [5, 5.41) is 3.68. The highest BCUT2D eigenvalue weighted by molar-refractivity contribution is 4.87. The third kappa shape index (κ3) is 3.45. The summed E-state index contributed by atoms with van der Waals surface area (Å²) in [7, 11) is 0. The van der Waals surface area contributed by atoms with Crippen LogP contribution in [0.3, 0.4) is 0 Å². The first-order valence-corrected chi connectivity index (χ1v) is 7.58. The van der Waals surface area contributed by atoms with Crippen molar-refractivity contribution < 1.29 is 0 Å².